The Kier molecular flexibility index (Phi) is 6.91. The molecule has 1 fully saturated rings. The van der Waals surface area contributed by atoms with E-state index < -0.39 is 0 Å². The van der Waals surface area contributed by atoms with Crippen LogP contribution >= 0.6 is 11.8 Å². The van der Waals surface area contributed by atoms with Crippen molar-refractivity contribution in [2.75, 3.05) is 25.4 Å². The second kappa shape index (κ2) is 9.58. The van der Waals surface area contributed by atoms with Crippen molar-refractivity contribution >= 4 is 17.7 Å². The minimum atomic E-state index is -0.105. The van der Waals surface area contributed by atoms with Crippen molar-refractivity contribution in [3.05, 3.63) is 36.2 Å². The standard InChI is InChI=1S/C20H25N5OS/c1-3-12-21-18(26)15-27-20-23-22-19(16(2)24-13-8-5-9-14-24)25(20)17-10-6-4-7-11-17/h1,4,6-7,10-11,16H,5,8-9,12-15H2,2H3,(H,21,26)/t16-/m1/s1. The summed E-state index contributed by atoms with van der Waals surface area (Å²) in [5.74, 6) is 3.47. The lowest BCUT2D eigenvalue weighted by molar-refractivity contribution is -0.118. The highest BCUT2D eigenvalue weighted by atomic mass is 32.2. The van der Waals surface area contributed by atoms with Crippen LogP contribution < -0.4 is 5.32 Å². The fourth-order valence-corrected chi connectivity index (χ4v) is 4.05. The number of aromatic nitrogens is 3. The number of benzene rings is 1. The van der Waals surface area contributed by atoms with Gasteiger partial charge in [0.2, 0.25) is 5.91 Å². The van der Waals surface area contributed by atoms with E-state index in [2.05, 4.69) is 37.8 Å². The molecule has 0 radical (unpaired) electrons. The molecule has 27 heavy (non-hydrogen) atoms. The normalized spacial score (nSPS) is 15.9. The number of carbonyl (C=O) groups is 1. The highest BCUT2D eigenvalue weighted by Crippen LogP contribution is 2.29. The average Bonchev–Trinajstić information content (AvgIpc) is 3.15. The van der Waals surface area contributed by atoms with E-state index in [-0.39, 0.29) is 24.2 Å². The third kappa shape index (κ3) is 4.90. The quantitative estimate of drug-likeness (QED) is 0.588. The summed E-state index contributed by atoms with van der Waals surface area (Å²) in [7, 11) is 0. The summed E-state index contributed by atoms with van der Waals surface area (Å²) in [4.78, 5) is 14.4. The first-order valence-electron chi connectivity index (χ1n) is 9.28. The number of para-hydroxylation sites is 1. The number of terminal acetylenes is 1. The van der Waals surface area contributed by atoms with Gasteiger partial charge in [0, 0.05) is 5.69 Å². The molecular weight excluding hydrogens is 358 g/mol. The third-order valence-corrected chi connectivity index (χ3v) is 5.63. The van der Waals surface area contributed by atoms with Gasteiger partial charge in [0.15, 0.2) is 11.0 Å². The number of likely N-dealkylation sites (tertiary alicyclic amines) is 1. The molecule has 2 heterocycles. The summed E-state index contributed by atoms with van der Waals surface area (Å²) < 4.78 is 2.07. The Labute approximate surface area is 164 Å². The van der Waals surface area contributed by atoms with Crippen LogP contribution in [0.1, 0.15) is 38.1 Å². The Balaban J connectivity index is 1.84. The maximum atomic E-state index is 11.9. The smallest absolute Gasteiger partial charge is 0.231 e. The van der Waals surface area contributed by atoms with Crippen molar-refractivity contribution in [2.45, 2.75) is 37.4 Å². The van der Waals surface area contributed by atoms with Gasteiger partial charge in [-0.15, -0.1) is 16.6 Å². The molecule has 1 atom stereocenters. The fourth-order valence-electron chi connectivity index (χ4n) is 3.26. The number of piperidine rings is 1. The van der Waals surface area contributed by atoms with E-state index in [0.717, 1.165) is 29.8 Å². The Morgan fingerprint density at radius 2 is 2.00 bits per heavy atom. The number of nitrogens with one attached hydrogen (secondary N) is 1. The van der Waals surface area contributed by atoms with Crippen LogP contribution in [0.3, 0.4) is 0 Å². The van der Waals surface area contributed by atoms with Gasteiger partial charge in [-0.05, 0) is 45.0 Å². The van der Waals surface area contributed by atoms with Crippen molar-refractivity contribution in [1.82, 2.24) is 25.0 Å². The molecular formula is C20H25N5OS. The minimum Gasteiger partial charge on any atom is -0.344 e. The van der Waals surface area contributed by atoms with Crippen LogP contribution in [0.25, 0.3) is 5.69 Å². The first kappa shape index (κ1) is 19.5. The Hall–Kier alpha value is -2.30. The van der Waals surface area contributed by atoms with Gasteiger partial charge in [0.05, 0.1) is 18.3 Å². The van der Waals surface area contributed by atoms with Crippen LogP contribution in [-0.4, -0.2) is 51.0 Å². The molecule has 0 saturated carbocycles. The fraction of sp³-hybridized carbons (Fsp3) is 0.450. The molecule has 1 N–H and O–H groups in total. The third-order valence-electron chi connectivity index (χ3n) is 4.70. The molecule has 1 amide bonds. The van der Waals surface area contributed by atoms with Crippen LogP contribution in [0.4, 0.5) is 0 Å². The molecule has 1 aromatic heterocycles. The molecule has 6 nitrogen and oxygen atoms in total. The van der Waals surface area contributed by atoms with E-state index in [1.54, 1.807) is 0 Å². The molecule has 142 valence electrons. The topological polar surface area (TPSA) is 63.1 Å². The first-order chi connectivity index (χ1) is 13.2. The van der Waals surface area contributed by atoms with E-state index >= 15 is 0 Å². The van der Waals surface area contributed by atoms with Gasteiger partial charge in [-0.1, -0.05) is 42.3 Å². The van der Waals surface area contributed by atoms with Crippen molar-refractivity contribution in [2.24, 2.45) is 0 Å². The van der Waals surface area contributed by atoms with Gasteiger partial charge < -0.3 is 5.32 Å². The van der Waals surface area contributed by atoms with Gasteiger partial charge in [0.1, 0.15) is 0 Å². The van der Waals surface area contributed by atoms with E-state index in [1.165, 1.54) is 31.0 Å². The number of hydrogen-bond donors (Lipinski definition) is 1. The van der Waals surface area contributed by atoms with Gasteiger partial charge in [-0.25, -0.2) is 0 Å². The lowest BCUT2D eigenvalue weighted by Gasteiger charge is -2.31. The van der Waals surface area contributed by atoms with Crippen molar-refractivity contribution < 1.29 is 4.79 Å². The maximum absolute atomic E-state index is 11.9. The van der Waals surface area contributed by atoms with E-state index in [1.807, 2.05) is 30.3 Å². The summed E-state index contributed by atoms with van der Waals surface area (Å²) >= 11 is 1.38. The van der Waals surface area contributed by atoms with Crippen LogP contribution in [0.15, 0.2) is 35.5 Å². The monoisotopic (exact) mass is 383 g/mol. The maximum Gasteiger partial charge on any atom is 0.231 e. The van der Waals surface area contributed by atoms with Crippen molar-refractivity contribution in [1.29, 1.82) is 0 Å². The molecule has 0 aliphatic carbocycles. The molecule has 7 heteroatoms. The van der Waals surface area contributed by atoms with Crippen molar-refractivity contribution in [3.8, 4) is 18.0 Å². The van der Waals surface area contributed by atoms with Gasteiger partial charge >= 0.3 is 0 Å². The molecule has 0 unspecified atom stereocenters. The largest absolute Gasteiger partial charge is 0.344 e. The van der Waals surface area contributed by atoms with Gasteiger partial charge in [0.25, 0.3) is 0 Å². The number of carbonyl (C=O) groups excluding carboxylic acids is 1. The molecule has 0 spiro atoms. The molecule has 2 aromatic rings. The van der Waals surface area contributed by atoms with Gasteiger partial charge in [-0.3, -0.25) is 14.3 Å². The van der Waals surface area contributed by atoms with Gasteiger partial charge in [-0.2, -0.15) is 0 Å². The number of rotatable bonds is 7. The number of amides is 1. The Bertz CT molecular complexity index is 792. The highest BCUT2D eigenvalue weighted by Gasteiger charge is 2.25. The van der Waals surface area contributed by atoms with Crippen molar-refractivity contribution in [3.63, 3.8) is 0 Å². The van der Waals surface area contributed by atoms with E-state index in [4.69, 9.17) is 6.42 Å². The summed E-state index contributed by atoms with van der Waals surface area (Å²) in [5, 5.41) is 12.3. The highest BCUT2D eigenvalue weighted by molar-refractivity contribution is 7.99. The lowest BCUT2D eigenvalue weighted by atomic mass is 10.1. The van der Waals surface area contributed by atoms with Crippen LogP contribution in [0.2, 0.25) is 0 Å². The van der Waals surface area contributed by atoms with Crippen LogP contribution in [0.5, 0.6) is 0 Å². The summed E-state index contributed by atoms with van der Waals surface area (Å²) in [6.45, 7) is 4.59. The molecule has 0 bridgehead atoms. The molecule has 1 aromatic carbocycles. The zero-order valence-electron chi connectivity index (χ0n) is 15.6. The van der Waals surface area contributed by atoms with Crippen LogP contribution in [-0.2, 0) is 4.79 Å². The zero-order chi connectivity index (χ0) is 19.1. The Morgan fingerprint density at radius 1 is 1.26 bits per heavy atom. The van der Waals surface area contributed by atoms with Crippen LogP contribution in [0, 0.1) is 12.3 Å². The van der Waals surface area contributed by atoms with E-state index in [9.17, 15) is 4.79 Å². The average molecular weight is 384 g/mol. The number of thioether (sulfide) groups is 1. The first-order valence-corrected chi connectivity index (χ1v) is 10.3. The summed E-state index contributed by atoms with van der Waals surface area (Å²) in [6.07, 6.45) is 8.93. The SMILES string of the molecule is C#CCNC(=O)CSc1nnc([C@@H](C)N2CCCCC2)n1-c1ccccc1. The summed E-state index contributed by atoms with van der Waals surface area (Å²) in [6, 6.07) is 10.2. The number of nitrogens with zero attached hydrogens (tertiary/aromatic N) is 4. The second-order valence-electron chi connectivity index (χ2n) is 6.55. The molecule has 1 saturated heterocycles. The summed E-state index contributed by atoms with van der Waals surface area (Å²) in [5.41, 5.74) is 1.01. The second-order valence-corrected chi connectivity index (χ2v) is 7.50. The predicted molar refractivity (Wildman–Crippen MR) is 108 cm³/mol. The molecule has 1 aliphatic heterocycles. The molecule has 1 aliphatic rings. The minimum absolute atomic E-state index is 0.105. The molecule has 3 rings (SSSR count). The zero-order valence-corrected chi connectivity index (χ0v) is 16.4. The predicted octanol–water partition coefficient (Wildman–Crippen LogP) is 2.66. The van der Waals surface area contributed by atoms with E-state index in [0.29, 0.717) is 0 Å². The number of hydrogen-bond acceptors (Lipinski definition) is 5. The Morgan fingerprint density at radius 3 is 2.70 bits per heavy atom. The lowest BCUT2D eigenvalue weighted by Crippen LogP contribution is -2.33.